The van der Waals surface area contributed by atoms with Gasteiger partial charge in [0.15, 0.2) is 0 Å². The molecule has 1 unspecified atom stereocenters. The Hall–Kier alpha value is -1.19. The number of nitrogens with one attached hydrogen (secondary N) is 1. The molecular weight excluding hydrogens is 276 g/mol. The van der Waals surface area contributed by atoms with E-state index in [1.807, 2.05) is 11.3 Å². The van der Waals surface area contributed by atoms with Crippen molar-refractivity contribution in [1.82, 2.24) is 10.3 Å². The summed E-state index contributed by atoms with van der Waals surface area (Å²) in [5.74, 6) is 0.588. The summed E-state index contributed by atoms with van der Waals surface area (Å²) >= 11 is 1.90. The number of rotatable bonds is 4. The summed E-state index contributed by atoms with van der Waals surface area (Å²) < 4.78 is 0. The summed E-state index contributed by atoms with van der Waals surface area (Å²) in [5, 5.41) is 4.78. The Bertz CT molecular complexity index is 615. The van der Waals surface area contributed by atoms with Gasteiger partial charge in [-0.15, -0.1) is 11.3 Å². The maximum absolute atomic E-state index is 5.02. The Balaban J connectivity index is 1.89. The molecule has 2 nitrogen and oxygen atoms in total. The van der Waals surface area contributed by atoms with Gasteiger partial charge in [0.05, 0.1) is 5.69 Å². The molecule has 1 aliphatic rings. The van der Waals surface area contributed by atoms with Crippen molar-refractivity contribution in [1.29, 1.82) is 0 Å². The van der Waals surface area contributed by atoms with Crippen LogP contribution in [-0.4, -0.2) is 17.6 Å². The van der Waals surface area contributed by atoms with Crippen molar-refractivity contribution in [2.24, 2.45) is 0 Å². The molecule has 0 aliphatic heterocycles. The maximum atomic E-state index is 5.02. The van der Waals surface area contributed by atoms with Gasteiger partial charge in [-0.2, -0.15) is 0 Å². The lowest BCUT2D eigenvalue weighted by Gasteiger charge is -2.22. The molecule has 1 atom stereocenters. The summed E-state index contributed by atoms with van der Waals surface area (Å²) in [7, 11) is 0. The Labute approximate surface area is 131 Å². The number of fused-ring (bicyclic) bond motifs is 1. The average molecular weight is 300 g/mol. The summed E-state index contributed by atoms with van der Waals surface area (Å²) in [6, 6.07) is 9.13. The molecule has 0 amide bonds. The highest BCUT2D eigenvalue weighted by Crippen LogP contribution is 2.38. The van der Waals surface area contributed by atoms with Crippen molar-refractivity contribution >= 4 is 11.3 Å². The van der Waals surface area contributed by atoms with E-state index in [9.17, 15) is 0 Å². The van der Waals surface area contributed by atoms with E-state index in [0.717, 1.165) is 6.54 Å². The van der Waals surface area contributed by atoms with Gasteiger partial charge < -0.3 is 5.32 Å². The zero-order chi connectivity index (χ0) is 14.8. The van der Waals surface area contributed by atoms with Crippen molar-refractivity contribution < 1.29 is 0 Å². The Morgan fingerprint density at radius 3 is 2.90 bits per heavy atom. The molecule has 0 radical (unpaired) electrons. The lowest BCUT2D eigenvalue weighted by molar-refractivity contribution is 0.475. The van der Waals surface area contributed by atoms with Crippen molar-refractivity contribution in [2.45, 2.75) is 52.0 Å². The molecule has 1 aromatic carbocycles. The van der Waals surface area contributed by atoms with Gasteiger partial charge in [-0.05, 0) is 31.7 Å². The Morgan fingerprint density at radius 2 is 2.14 bits per heavy atom. The van der Waals surface area contributed by atoms with Gasteiger partial charge in [-0.3, -0.25) is 0 Å². The molecule has 1 aliphatic carbocycles. The van der Waals surface area contributed by atoms with Crippen molar-refractivity contribution in [3.05, 3.63) is 40.4 Å². The normalized spacial score (nSPS) is 18.0. The third kappa shape index (κ3) is 3.19. The fourth-order valence-corrected chi connectivity index (χ4v) is 4.29. The minimum Gasteiger partial charge on any atom is -0.314 e. The fourth-order valence-electron chi connectivity index (χ4n) is 3.01. The highest BCUT2D eigenvalue weighted by molar-refractivity contribution is 7.15. The van der Waals surface area contributed by atoms with Crippen LogP contribution in [0.3, 0.4) is 0 Å². The molecule has 0 spiro atoms. The molecule has 3 rings (SSSR count). The highest BCUT2D eigenvalue weighted by Gasteiger charge is 2.25. The molecule has 1 heterocycles. The lowest BCUT2D eigenvalue weighted by Crippen LogP contribution is -2.29. The van der Waals surface area contributed by atoms with E-state index < -0.39 is 0 Å². The quantitative estimate of drug-likeness (QED) is 0.897. The Kier molecular flexibility index (Phi) is 4.41. The van der Waals surface area contributed by atoms with E-state index in [2.05, 4.69) is 50.4 Å². The predicted octanol–water partition coefficient (Wildman–Crippen LogP) is 4.54. The molecular formula is C18H24N2S. The van der Waals surface area contributed by atoms with Gasteiger partial charge in [-0.1, -0.05) is 38.1 Å². The third-order valence-electron chi connectivity index (χ3n) is 4.22. The molecule has 0 bridgehead atoms. The highest BCUT2D eigenvalue weighted by atomic mass is 32.1. The van der Waals surface area contributed by atoms with E-state index in [1.54, 1.807) is 0 Å². The summed E-state index contributed by atoms with van der Waals surface area (Å²) in [6.45, 7) is 7.65. The number of aryl methyl sites for hydroxylation is 2. The Morgan fingerprint density at radius 1 is 1.33 bits per heavy atom. The van der Waals surface area contributed by atoms with E-state index in [1.165, 1.54) is 46.0 Å². The van der Waals surface area contributed by atoms with Crippen LogP contribution in [0.4, 0.5) is 0 Å². The molecule has 1 N–H and O–H groups in total. The van der Waals surface area contributed by atoms with Crippen molar-refractivity contribution in [2.75, 3.05) is 6.54 Å². The number of thiazole rings is 1. The second kappa shape index (κ2) is 6.29. The van der Waals surface area contributed by atoms with E-state index in [0.29, 0.717) is 12.0 Å². The van der Waals surface area contributed by atoms with Crippen LogP contribution < -0.4 is 5.32 Å². The first-order valence-electron chi connectivity index (χ1n) is 7.94. The molecule has 112 valence electrons. The molecule has 0 fully saturated rings. The second-order valence-corrected chi connectivity index (χ2v) is 7.38. The van der Waals surface area contributed by atoms with Crippen LogP contribution in [-0.2, 0) is 6.42 Å². The van der Waals surface area contributed by atoms with Crippen LogP contribution in [0.15, 0.2) is 24.3 Å². The number of hydrogen-bond donors (Lipinski definition) is 1. The predicted molar refractivity (Wildman–Crippen MR) is 91.1 cm³/mol. The van der Waals surface area contributed by atoms with Gasteiger partial charge in [-0.25, -0.2) is 4.98 Å². The van der Waals surface area contributed by atoms with Crippen LogP contribution >= 0.6 is 11.3 Å². The molecule has 0 saturated heterocycles. The van der Waals surface area contributed by atoms with Crippen molar-refractivity contribution in [3.63, 3.8) is 0 Å². The smallest absolute Gasteiger partial charge is 0.124 e. The number of aromatic nitrogens is 1. The zero-order valence-electron chi connectivity index (χ0n) is 13.1. The van der Waals surface area contributed by atoms with Gasteiger partial charge in [0.1, 0.15) is 5.01 Å². The summed E-state index contributed by atoms with van der Waals surface area (Å²) in [4.78, 5) is 6.53. The minimum atomic E-state index is 0.546. The molecule has 3 heteroatoms. The van der Waals surface area contributed by atoms with Crippen LogP contribution in [0.5, 0.6) is 0 Å². The standard InChI is InChI=1S/C18H24N2S/c1-12(2)19-11-14-8-6-10-16-17(14)20-18(21-16)15-9-5-4-7-13(15)3/h4-5,7,9,12,14,19H,6,8,10-11H2,1-3H3. The van der Waals surface area contributed by atoms with E-state index in [4.69, 9.17) is 4.98 Å². The average Bonchev–Trinajstić information content (AvgIpc) is 2.89. The summed E-state index contributed by atoms with van der Waals surface area (Å²) in [6.07, 6.45) is 3.77. The first kappa shape index (κ1) is 14.7. The topological polar surface area (TPSA) is 24.9 Å². The fraction of sp³-hybridized carbons (Fsp3) is 0.500. The summed E-state index contributed by atoms with van der Waals surface area (Å²) in [5.41, 5.74) is 3.98. The second-order valence-electron chi connectivity index (χ2n) is 6.29. The first-order valence-corrected chi connectivity index (χ1v) is 8.75. The van der Waals surface area contributed by atoms with E-state index in [-0.39, 0.29) is 0 Å². The van der Waals surface area contributed by atoms with Crippen LogP contribution in [0.2, 0.25) is 0 Å². The van der Waals surface area contributed by atoms with E-state index >= 15 is 0 Å². The van der Waals surface area contributed by atoms with Gasteiger partial charge in [0.25, 0.3) is 0 Å². The van der Waals surface area contributed by atoms with Crippen LogP contribution in [0.25, 0.3) is 10.6 Å². The van der Waals surface area contributed by atoms with Crippen molar-refractivity contribution in [3.8, 4) is 10.6 Å². The molecule has 0 saturated carbocycles. The SMILES string of the molecule is Cc1ccccc1-c1nc2c(s1)CCCC2CNC(C)C. The van der Waals surface area contributed by atoms with Gasteiger partial charge in [0, 0.05) is 28.9 Å². The number of benzene rings is 1. The number of nitrogens with zero attached hydrogens (tertiary/aromatic N) is 1. The monoisotopic (exact) mass is 300 g/mol. The number of hydrogen-bond acceptors (Lipinski definition) is 3. The molecule has 2 aromatic rings. The minimum absolute atomic E-state index is 0.546. The maximum Gasteiger partial charge on any atom is 0.124 e. The molecule has 1 aromatic heterocycles. The van der Waals surface area contributed by atoms with Gasteiger partial charge >= 0.3 is 0 Å². The third-order valence-corrected chi connectivity index (χ3v) is 5.38. The zero-order valence-corrected chi connectivity index (χ0v) is 14.0. The lowest BCUT2D eigenvalue weighted by atomic mass is 9.91. The van der Waals surface area contributed by atoms with Gasteiger partial charge in [0.2, 0.25) is 0 Å². The largest absolute Gasteiger partial charge is 0.314 e. The van der Waals surface area contributed by atoms with Crippen LogP contribution in [0.1, 0.15) is 48.7 Å². The first-order chi connectivity index (χ1) is 10.1. The van der Waals surface area contributed by atoms with Crippen LogP contribution in [0, 0.1) is 6.92 Å². The molecule has 21 heavy (non-hydrogen) atoms.